The zero-order valence-electron chi connectivity index (χ0n) is 12.8. The second-order valence-corrected chi connectivity index (χ2v) is 5.62. The van der Waals surface area contributed by atoms with Gasteiger partial charge in [0.25, 0.3) is 0 Å². The molecule has 4 nitrogen and oxygen atoms in total. The van der Waals surface area contributed by atoms with E-state index in [9.17, 15) is 4.79 Å². The first kappa shape index (κ1) is 16.0. The highest BCUT2D eigenvalue weighted by atomic mass is 16.5. The fraction of sp³-hybridized carbons (Fsp3) is 0.588. The van der Waals surface area contributed by atoms with E-state index >= 15 is 0 Å². The first-order chi connectivity index (χ1) is 10.2. The van der Waals surface area contributed by atoms with Gasteiger partial charge < -0.3 is 9.84 Å². The Balaban J connectivity index is 2.01. The lowest BCUT2D eigenvalue weighted by Crippen LogP contribution is -2.37. The Bertz CT molecular complexity index is 438. The van der Waals surface area contributed by atoms with E-state index in [0.29, 0.717) is 19.2 Å². The van der Waals surface area contributed by atoms with Gasteiger partial charge in [-0.3, -0.25) is 9.69 Å². The molecule has 0 bridgehead atoms. The van der Waals surface area contributed by atoms with E-state index in [1.54, 1.807) is 0 Å². The molecule has 1 aromatic rings. The zero-order chi connectivity index (χ0) is 15.1. The third-order valence-corrected chi connectivity index (χ3v) is 4.07. The van der Waals surface area contributed by atoms with Crippen LogP contribution in [0.3, 0.4) is 0 Å². The van der Waals surface area contributed by atoms with Crippen LogP contribution < -0.4 is 0 Å². The first-order valence-electron chi connectivity index (χ1n) is 7.81. The summed E-state index contributed by atoms with van der Waals surface area (Å²) in [6, 6.07) is 8.41. The predicted octanol–water partition coefficient (Wildman–Crippen LogP) is 2.49. The van der Waals surface area contributed by atoms with E-state index in [1.807, 2.05) is 31.2 Å². The molecule has 0 unspecified atom stereocenters. The van der Waals surface area contributed by atoms with Crippen LogP contribution in [0, 0.1) is 0 Å². The van der Waals surface area contributed by atoms with Crippen molar-refractivity contribution in [2.45, 2.75) is 51.8 Å². The van der Waals surface area contributed by atoms with Gasteiger partial charge in [-0.05, 0) is 30.9 Å². The van der Waals surface area contributed by atoms with Gasteiger partial charge in [0, 0.05) is 12.6 Å². The van der Waals surface area contributed by atoms with Crippen LogP contribution in [-0.2, 0) is 22.7 Å². The Kier molecular flexibility index (Phi) is 6.21. The van der Waals surface area contributed by atoms with Gasteiger partial charge in [-0.1, -0.05) is 37.1 Å². The van der Waals surface area contributed by atoms with E-state index in [4.69, 9.17) is 9.84 Å². The molecule has 0 heterocycles. The summed E-state index contributed by atoms with van der Waals surface area (Å²) < 4.78 is 5.09. The second-order valence-electron chi connectivity index (χ2n) is 5.62. The first-order valence-corrected chi connectivity index (χ1v) is 7.81. The van der Waals surface area contributed by atoms with Gasteiger partial charge in [0.2, 0.25) is 0 Å². The molecule has 1 fully saturated rings. The molecular formula is C17H25NO3. The number of carbonyl (C=O) groups excluding carboxylic acids is 1. The average Bonchev–Trinajstić information content (AvgIpc) is 3.02. The fourth-order valence-electron chi connectivity index (χ4n) is 2.94. The van der Waals surface area contributed by atoms with E-state index in [1.165, 1.54) is 18.4 Å². The number of benzene rings is 1. The van der Waals surface area contributed by atoms with Crippen molar-refractivity contribution in [3.63, 3.8) is 0 Å². The number of esters is 1. The van der Waals surface area contributed by atoms with Gasteiger partial charge in [-0.2, -0.15) is 0 Å². The summed E-state index contributed by atoms with van der Waals surface area (Å²) in [7, 11) is 0. The minimum Gasteiger partial charge on any atom is -0.465 e. The molecule has 1 aliphatic rings. The van der Waals surface area contributed by atoms with Crippen molar-refractivity contribution in [3.8, 4) is 0 Å². The highest BCUT2D eigenvalue weighted by Gasteiger charge is 2.24. The molecule has 0 atom stereocenters. The number of carbonyl (C=O) groups is 1. The number of hydrogen-bond donors (Lipinski definition) is 1. The van der Waals surface area contributed by atoms with Crippen molar-refractivity contribution in [1.29, 1.82) is 0 Å². The quantitative estimate of drug-likeness (QED) is 0.784. The van der Waals surface area contributed by atoms with Crippen LogP contribution in [0.2, 0.25) is 0 Å². The topological polar surface area (TPSA) is 49.8 Å². The van der Waals surface area contributed by atoms with Crippen molar-refractivity contribution in [2.24, 2.45) is 0 Å². The normalized spacial score (nSPS) is 15.6. The van der Waals surface area contributed by atoms with Gasteiger partial charge >= 0.3 is 5.97 Å². The van der Waals surface area contributed by atoms with Crippen LogP contribution in [-0.4, -0.2) is 35.2 Å². The maximum atomic E-state index is 11.8. The Hall–Kier alpha value is -1.39. The molecule has 0 aliphatic heterocycles. The predicted molar refractivity (Wildman–Crippen MR) is 81.7 cm³/mol. The largest absolute Gasteiger partial charge is 0.465 e. The van der Waals surface area contributed by atoms with Gasteiger partial charge in [0.05, 0.1) is 19.8 Å². The van der Waals surface area contributed by atoms with Crippen molar-refractivity contribution in [2.75, 3.05) is 13.2 Å². The number of ether oxygens (including phenoxy) is 1. The third kappa shape index (κ3) is 4.83. The van der Waals surface area contributed by atoms with Gasteiger partial charge in [-0.25, -0.2) is 0 Å². The molecule has 1 N–H and O–H groups in total. The molecule has 0 aromatic heterocycles. The minimum atomic E-state index is -0.142. The molecule has 116 valence electrons. The van der Waals surface area contributed by atoms with Gasteiger partial charge in [0.1, 0.15) is 0 Å². The van der Waals surface area contributed by atoms with Crippen LogP contribution in [0.5, 0.6) is 0 Å². The number of rotatable bonds is 7. The lowest BCUT2D eigenvalue weighted by molar-refractivity contribution is -0.145. The SMILES string of the molecule is CCOC(=O)CN(Cc1ccc(CO)cc1)C1CCCC1. The summed E-state index contributed by atoms with van der Waals surface area (Å²) in [6.45, 7) is 3.46. The summed E-state index contributed by atoms with van der Waals surface area (Å²) >= 11 is 0. The summed E-state index contributed by atoms with van der Waals surface area (Å²) in [6.07, 6.45) is 4.81. The lowest BCUT2D eigenvalue weighted by atomic mass is 10.1. The van der Waals surface area contributed by atoms with E-state index in [-0.39, 0.29) is 12.6 Å². The maximum Gasteiger partial charge on any atom is 0.320 e. The molecule has 2 rings (SSSR count). The summed E-state index contributed by atoms with van der Waals surface area (Å²) in [4.78, 5) is 14.0. The van der Waals surface area contributed by atoms with Gasteiger partial charge in [0.15, 0.2) is 0 Å². The fourth-order valence-corrected chi connectivity index (χ4v) is 2.94. The van der Waals surface area contributed by atoms with Crippen LogP contribution in [0.4, 0.5) is 0 Å². The summed E-state index contributed by atoms with van der Waals surface area (Å²) in [5, 5.41) is 9.09. The molecule has 4 heteroatoms. The maximum absolute atomic E-state index is 11.8. The molecular weight excluding hydrogens is 266 g/mol. The van der Waals surface area contributed by atoms with Crippen molar-refractivity contribution < 1.29 is 14.6 Å². The molecule has 1 aliphatic carbocycles. The smallest absolute Gasteiger partial charge is 0.320 e. The number of hydrogen-bond acceptors (Lipinski definition) is 4. The van der Waals surface area contributed by atoms with Crippen LogP contribution in [0.15, 0.2) is 24.3 Å². The highest BCUT2D eigenvalue weighted by molar-refractivity contribution is 5.71. The summed E-state index contributed by atoms with van der Waals surface area (Å²) in [5.74, 6) is -0.142. The molecule has 21 heavy (non-hydrogen) atoms. The molecule has 1 aromatic carbocycles. The zero-order valence-corrected chi connectivity index (χ0v) is 12.8. The molecule has 0 saturated heterocycles. The monoisotopic (exact) mass is 291 g/mol. The van der Waals surface area contributed by atoms with Crippen LogP contribution >= 0.6 is 0 Å². The molecule has 0 spiro atoms. The van der Waals surface area contributed by atoms with Crippen molar-refractivity contribution in [1.82, 2.24) is 4.90 Å². The molecule has 0 radical (unpaired) electrons. The number of aliphatic hydroxyl groups excluding tert-OH is 1. The standard InChI is InChI=1S/C17H25NO3/c1-2-21-17(20)12-18(16-5-3-4-6-16)11-14-7-9-15(13-19)10-8-14/h7-10,16,19H,2-6,11-13H2,1H3. The van der Waals surface area contributed by atoms with Gasteiger partial charge in [-0.15, -0.1) is 0 Å². The second kappa shape index (κ2) is 8.15. The van der Waals surface area contributed by atoms with Crippen molar-refractivity contribution >= 4 is 5.97 Å². The number of aliphatic hydroxyl groups is 1. The Labute approximate surface area is 126 Å². The Morgan fingerprint density at radius 1 is 1.24 bits per heavy atom. The average molecular weight is 291 g/mol. The Morgan fingerprint density at radius 3 is 2.43 bits per heavy atom. The Morgan fingerprint density at radius 2 is 1.86 bits per heavy atom. The van der Waals surface area contributed by atoms with E-state index in [2.05, 4.69) is 4.90 Å². The van der Waals surface area contributed by atoms with E-state index in [0.717, 1.165) is 24.9 Å². The number of nitrogens with zero attached hydrogens (tertiary/aromatic N) is 1. The van der Waals surface area contributed by atoms with Crippen LogP contribution in [0.25, 0.3) is 0 Å². The summed E-state index contributed by atoms with van der Waals surface area (Å²) in [5.41, 5.74) is 2.08. The minimum absolute atomic E-state index is 0.0649. The molecule has 0 amide bonds. The molecule has 1 saturated carbocycles. The lowest BCUT2D eigenvalue weighted by Gasteiger charge is -2.27. The van der Waals surface area contributed by atoms with Crippen LogP contribution in [0.1, 0.15) is 43.7 Å². The van der Waals surface area contributed by atoms with Crippen molar-refractivity contribution in [3.05, 3.63) is 35.4 Å². The van der Waals surface area contributed by atoms with E-state index < -0.39 is 0 Å². The highest BCUT2D eigenvalue weighted by Crippen LogP contribution is 2.25. The third-order valence-electron chi connectivity index (χ3n) is 4.07.